The van der Waals surface area contributed by atoms with E-state index in [-0.39, 0.29) is 13.4 Å². The molecule has 0 radical (unpaired) electrons. The van der Waals surface area contributed by atoms with Crippen LogP contribution in [0.3, 0.4) is 0 Å². The molecule has 23 rings (SSSR count). The van der Waals surface area contributed by atoms with Gasteiger partial charge < -0.3 is 19.6 Å². The second-order valence-electron chi connectivity index (χ2n) is 29.2. The highest BCUT2D eigenvalue weighted by Crippen LogP contribution is 2.55. The topological polar surface area (TPSA) is 13.0 Å². The third kappa shape index (κ3) is 8.83. The third-order valence-corrected chi connectivity index (χ3v) is 23.7. The van der Waals surface area contributed by atoms with E-state index in [0.717, 1.165) is 113 Å². The van der Waals surface area contributed by atoms with Crippen LogP contribution in [0.15, 0.2) is 388 Å². The van der Waals surface area contributed by atoms with E-state index in [4.69, 9.17) is 0 Å². The van der Waals surface area contributed by atoms with Gasteiger partial charge in [-0.15, -0.1) is 0 Å². The van der Waals surface area contributed by atoms with Crippen LogP contribution in [0, 0.1) is 0 Å². The average molecular weight is 1370 g/mol. The summed E-state index contributed by atoms with van der Waals surface area (Å²) >= 11 is 0. The molecule has 19 aromatic rings. The van der Waals surface area contributed by atoms with Gasteiger partial charge in [-0.25, -0.2) is 0 Å². The fourth-order valence-corrected chi connectivity index (χ4v) is 19.3. The van der Waals surface area contributed by atoms with Gasteiger partial charge in [-0.3, -0.25) is 0 Å². The lowest BCUT2D eigenvalue weighted by atomic mass is 9.30. The Bertz CT molecular complexity index is 6380. The standard InChI is InChI=1S/C102H64B2N4/c1-5-29-65(30-6-1)71-45-25-46-72(66-31-7-2-8-32-66)101(71)107-91-51-23-21-49-87(91)103-89-63-90-98(64-97(89)105(93-53-27-55-95(107)99(93)103)69-57-59-83-79-41-15-13-37-75(79)77-39-17-19-43-81(77)85(83)61-69)106(70-58-60-84-80-42-16-14-38-76(80)78-40-18-20-44-82(78)86(84)62-70)94-54-28-56-96-100(94)104(90)88-50-22-24-52-92(88)108(96)102-73(67-33-9-3-10-34-67)47-26-48-74(102)68-35-11-4-12-36-68/h1-64H. The third-order valence-electron chi connectivity index (χ3n) is 23.7. The molecule has 0 aromatic heterocycles. The Balaban J connectivity index is 0.844. The minimum atomic E-state index is -0.207. The van der Waals surface area contributed by atoms with Crippen LogP contribution in [0.5, 0.6) is 0 Å². The van der Waals surface area contributed by atoms with Crippen molar-refractivity contribution in [2.24, 2.45) is 0 Å². The smallest absolute Gasteiger partial charge is 0.252 e. The summed E-state index contributed by atoms with van der Waals surface area (Å²) in [6.45, 7) is -0.414. The number of para-hydroxylation sites is 4. The Morgan fingerprint density at radius 3 is 0.750 bits per heavy atom. The number of fused-ring (bicyclic) bond motifs is 20. The summed E-state index contributed by atoms with van der Waals surface area (Å²) in [6, 6.07) is 147. The number of hydrogen-bond acceptors (Lipinski definition) is 4. The van der Waals surface area contributed by atoms with E-state index in [9.17, 15) is 0 Å². The van der Waals surface area contributed by atoms with Gasteiger partial charge in [0.1, 0.15) is 0 Å². The molecule has 0 bridgehead atoms. The molecule has 0 amide bonds. The molecule has 4 aliphatic heterocycles. The molecule has 4 aliphatic rings. The van der Waals surface area contributed by atoms with Crippen molar-refractivity contribution in [2.75, 3.05) is 19.6 Å². The molecule has 0 N–H and O–H groups in total. The van der Waals surface area contributed by atoms with Gasteiger partial charge in [0, 0.05) is 79.1 Å². The summed E-state index contributed by atoms with van der Waals surface area (Å²) in [5.41, 5.74) is 30.5. The van der Waals surface area contributed by atoms with Crippen molar-refractivity contribution < 1.29 is 0 Å². The summed E-state index contributed by atoms with van der Waals surface area (Å²) < 4.78 is 0. The Labute approximate surface area is 627 Å². The summed E-state index contributed by atoms with van der Waals surface area (Å²) in [5, 5.41) is 14.9. The van der Waals surface area contributed by atoms with Crippen molar-refractivity contribution >= 4 is 179 Å². The fourth-order valence-electron chi connectivity index (χ4n) is 19.3. The Kier molecular flexibility index (Phi) is 13.3. The summed E-state index contributed by atoms with van der Waals surface area (Å²) in [5.74, 6) is 0. The summed E-state index contributed by atoms with van der Waals surface area (Å²) in [6.07, 6.45) is 0. The predicted octanol–water partition coefficient (Wildman–Crippen LogP) is 23.4. The maximum Gasteiger partial charge on any atom is 0.252 e. The van der Waals surface area contributed by atoms with E-state index >= 15 is 0 Å². The van der Waals surface area contributed by atoms with Crippen LogP contribution in [0.25, 0.3) is 109 Å². The van der Waals surface area contributed by atoms with Gasteiger partial charge in [-0.2, -0.15) is 0 Å². The Morgan fingerprint density at radius 2 is 0.417 bits per heavy atom. The number of rotatable bonds is 8. The minimum Gasteiger partial charge on any atom is -0.311 e. The van der Waals surface area contributed by atoms with E-state index in [0.29, 0.717) is 0 Å². The molecular formula is C102H64B2N4. The van der Waals surface area contributed by atoms with Gasteiger partial charge in [0.2, 0.25) is 0 Å². The summed E-state index contributed by atoms with van der Waals surface area (Å²) in [4.78, 5) is 10.5. The zero-order valence-corrected chi connectivity index (χ0v) is 58.9. The molecule has 0 saturated heterocycles. The molecule has 108 heavy (non-hydrogen) atoms. The van der Waals surface area contributed by atoms with E-state index in [2.05, 4.69) is 408 Å². The van der Waals surface area contributed by atoms with Crippen LogP contribution >= 0.6 is 0 Å². The van der Waals surface area contributed by atoms with Gasteiger partial charge in [-0.1, -0.05) is 322 Å². The monoisotopic (exact) mass is 1370 g/mol. The molecule has 6 heteroatoms. The van der Waals surface area contributed by atoms with Gasteiger partial charge in [-0.05, 0) is 186 Å². The van der Waals surface area contributed by atoms with Gasteiger partial charge in [0.05, 0.1) is 11.4 Å². The first-order valence-electron chi connectivity index (χ1n) is 37.6. The maximum atomic E-state index is 2.69. The van der Waals surface area contributed by atoms with Crippen molar-refractivity contribution in [2.45, 2.75) is 0 Å². The highest BCUT2D eigenvalue weighted by molar-refractivity contribution is 7.03. The van der Waals surface area contributed by atoms with Crippen LogP contribution in [0.1, 0.15) is 0 Å². The lowest BCUT2D eigenvalue weighted by Gasteiger charge is -2.47. The number of anilines is 12. The zero-order chi connectivity index (χ0) is 70.7. The second-order valence-corrected chi connectivity index (χ2v) is 29.2. The van der Waals surface area contributed by atoms with Crippen LogP contribution < -0.4 is 52.4 Å². The lowest BCUT2D eigenvalue weighted by molar-refractivity contribution is 1.24. The number of benzene rings is 19. The van der Waals surface area contributed by atoms with Gasteiger partial charge in [0.15, 0.2) is 0 Å². The fraction of sp³-hybridized carbons (Fsp3) is 0. The van der Waals surface area contributed by atoms with Crippen molar-refractivity contribution in [1.29, 1.82) is 0 Å². The van der Waals surface area contributed by atoms with Crippen LogP contribution in [-0.2, 0) is 0 Å². The van der Waals surface area contributed by atoms with E-state index in [1.807, 2.05) is 0 Å². The Morgan fingerprint density at radius 1 is 0.157 bits per heavy atom. The minimum absolute atomic E-state index is 0.207. The molecule has 498 valence electrons. The molecule has 4 heterocycles. The molecular weight excluding hydrogens is 1300 g/mol. The lowest BCUT2D eigenvalue weighted by Crippen LogP contribution is -2.65. The largest absolute Gasteiger partial charge is 0.311 e. The van der Waals surface area contributed by atoms with Crippen molar-refractivity contribution in [3.8, 4) is 44.5 Å². The van der Waals surface area contributed by atoms with Crippen LogP contribution in [-0.4, -0.2) is 13.4 Å². The first kappa shape index (κ1) is 60.5. The summed E-state index contributed by atoms with van der Waals surface area (Å²) in [7, 11) is 0. The molecule has 0 saturated carbocycles. The van der Waals surface area contributed by atoms with Crippen molar-refractivity contribution in [3.05, 3.63) is 388 Å². The van der Waals surface area contributed by atoms with Crippen LogP contribution in [0.4, 0.5) is 68.2 Å². The highest BCUT2D eigenvalue weighted by Gasteiger charge is 2.49. The Hall–Kier alpha value is -13.9. The number of hydrogen-bond donors (Lipinski definition) is 0. The molecule has 0 atom stereocenters. The molecule has 0 aliphatic carbocycles. The van der Waals surface area contributed by atoms with E-state index < -0.39 is 0 Å². The SMILES string of the molecule is c1ccc(-c2cccc(-c3ccccc3)c2N2c3ccccc3B3c4cc5c(cc4N(c4ccc6c7ccccc7c7ccccc7c6c4)c4cccc2c43)N(c2ccc3c4ccccc4c4ccccc4c3c2)c2cccc3c2B5c2ccccc2N3c2c(-c3ccccc3)cccc2-c2ccccc2)cc1. The van der Waals surface area contributed by atoms with Gasteiger partial charge >= 0.3 is 0 Å². The second kappa shape index (κ2) is 23.8. The highest BCUT2D eigenvalue weighted by atomic mass is 15.2. The predicted molar refractivity (Wildman–Crippen MR) is 461 cm³/mol. The quantitative estimate of drug-likeness (QED) is 0.111. The zero-order valence-electron chi connectivity index (χ0n) is 58.9. The van der Waals surface area contributed by atoms with Gasteiger partial charge in [0.25, 0.3) is 13.4 Å². The molecule has 4 nitrogen and oxygen atoms in total. The normalized spacial score (nSPS) is 13.1. The molecule has 0 spiro atoms. The van der Waals surface area contributed by atoms with Crippen molar-refractivity contribution in [3.63, 3.8) is 0 Å². The first-order valence-corrected chi connectivity index (χ1v) is 37.6. The van der Waals surface area contributed by atoms with E-state index in [1.165, 1.54) is 97.4 Å². The molecule has 0 fully saturated rings. The first-order chi connectivity index (χ1) is 53.7. The molecule has 0 unspecified atom stereocenters. The molecule has 19 aromatic carbocycles. The van der Waals surface area contributed by atoms with Crippen molar-refractivity contribution in [1.82, 2.24) is 0 Å². The average Bonchev–Trinajstić information content (AvgIpc) is 0.682. The maximum absolute atomic E-state index is 2.69. The van der Waals surface area contributed by atoms with Crippen LogP contribution in [0.2, 0.25) is 0 Å². The number of nitrogens with zero attached hydrogens (tertiary/aromatic N) is 4. The van der Waals surface area contributed by atoms with E-state index in [1.54, 1.807) is 0 Å².